The lowest BCUT2D eigenvalue weighted by Gasteiger charge is -2.16. The van der Waals surface area contributed by atoms with Crippen LogP contribution in [0.25, 0.3) is 0 Å². The molecule has 0 saturated heterocycles. The first-order valence-electron chi connectivity index (χ1n) is 4.21. The van der Waals surface area contributed by atoms with Gasteiger partial charge in [-0.2, -0.15) is 13.2 Å². The summed E-state index contributed by atoms with van der Waals surface area (Å²) in [4.78, 5) is 0. The monoisotopic (exact) mass is 220 g/mol. The Morgan fingerprint density at radius 2 is 1.93 bits per heavy atom. The van der Waals surface area contributed by atoms with Gasteiger partial charge in [0.15, 0.2) is 0 Å². The molecule has 0 spiro atoms. The minimum atomic E-state index is -4.52. The lowest BCUT2D eigenvalue weighted by atomic mass is 10.0. The van der Waals surface area contributed by atoms with Crippen LogP contribution in [-0.4, -0.2) is 11.7 Å². The molecule has 1 rings (SSSR count). The van der Waals surface area contributed by atoms with Crippen molar-refractivity contribution >= 4 is 5.69 Å². The third-order valence-corrected chi connectivity index (χ3v) is 2.03. The van der Waals surface area contributed by atoms with Crippen LogP contribution in [0.15, 0.2) is 18.2 Å². The predicted octanol–water partition coefficient (Wildman–Crippen LogP) is 1.28. The molecule has 0 aromatic heterocycles. The molecular weight excluding hydrogens is 209 g/mol. The molecule has 0 radical (unpaired) electrons. The van der Waals surface area contributed by atoms with Gasteiger partial charge in [0.05, 0.1) is 11.7 Å². The summed E-state index contributed by atoms with van der Waals surface area (Å²) in [6.07, 6.45) is -5.69. The number of nitrogen functional groups attached to an aromatic ring is 1. The average molecular weight is 220 g/mol. The normalized spacial score (nSPS) is 13.9. The highest BCUT2D eigenvalue weighted by molar-refractivity contribution is 5.56. The van der Waals surface area contributed by atoms with E-state index in [1.54, 1.807) is 0 Å². The molecule has 0 amide bonds. The molecule has 6 heteroatoms. The molecule has 1 atom stereocenters. The van der Waals surface area contributed by atoms with E-state index in [4.69, 9.17) is 11.5 Å². The molecule has 0 aliphatic carbocycles. The van der Waals surface area contributed by atoms with Crippen molar-refractivity contribution in [3.63, 3.8) is 0 Å². The molecule has 5 N–H and O–H groups in total. The van der Waals surface area contributed by atoms with Crippen LogP contribution < -0.4 is 11.5 Å². The van der Waals surface area contributed by atoms with Crippen LogP contribution in [0.2, 0.25) is 0 Å². The Balaban J connectivity index is 3.23. The van der Waals surface area contributed by atoms with Gasteiger partial charge in [0.2, 0.25) is 0 Å². The van der Waals surface area contributed by atoms with E-state index in [-0.39, 0.29) is 12.1 Å². The molecule has 0 aliphatic rings. The Hall–Kier alpha value is -1.27. The Morgan fingerprint density at radius 3 is 2.40 bits per heavy atom. The Kier molecular flexibility index (Phi) is 3.21. The Bertz CT molecular complexity index is 352. The van der Waals surface area contributed by atoms with Gasteiger partial charge >= 0.3 is 6.18 Å². The molecule has 1 aromatic carbocycles. The van der Waals surface area contributed by atoms with Crippen molar-refractivity contribution in [2.75, 3.05) is 12.3 Å². The van der Waals surface area contributed by atoms with Gasteiger partial charge in [0.25, 0.3) is 0 Å². The van der Waals surface area contributed by atoms with Gasteiger partial charge in [0, 0.05) is 17.8 Å². The first-order chi connectivity index (χ1) is 6.88. The van der Waals surface area contributed by atoms with E-state index >= 15 is 0 Å². The van der Waals surface area contributed by atoms with Crippen LogP contribution in [0.5, 0.6) is 0 Å². The summed E-state index contributed by atoms with van der Waals surface area (Å²) < 4.78 is 37.2. The summed E-state index contributed by atoms with van der Waals surface area (Å²) in [5.74, 6) is 0. The van der Waals surface area contributed by atoms with E-state index in [1.807, 2.05) is 0 Å². The van der Waals surface area contributed by atoms with Gasteiger partial charge in [-0.15, -0.1) is 0 Å². The molecule has 0 saturated carbocycles. The third-order valence-electron chi connectivity index (χ3n) is 2.03. The largest absolute Gasteiger partial charge is 0.418 e. The fraction of sp³-hybridized carbons (Fsp3) is 0.333. The first kappa shape index (κ1) is 11.8. The maximum atomic E-state index is 12.4. The number of benzene rings is 1. The number of halogens is 3. The number of hydrogen-bond donors (Lipinski definition) is 3. The highest BCUT2D eigenvalue weighted by Gasteiger charge is 2.34. The van der Waals surface area contributed by atoms with Crippen molar-refractivity contribution in [3.8, 4) is 0 Å². The van der Waals surface area contributed by atoms with Gasteiger partial charge in [-0.25, -0.2) is 0 Å². The fourth-order valence-electron chi connectivity index (χ4n) is 1.25. The van der Waals surface area contributed by atoms with Crippen LogP contribution in [-0.2, 0) is 6.18 Å². The highest BCUT2D eigenvalue weighted by Crippen LogP contribution is 2.36. The lowest BCUT2D eigenvalue weighted by Crippen LogP contribution is -2.16. The number of hydrogen-bond acceptors (Lipinski definition) is 3. The van der Waals surface area contributed by atoms with Crippen molar-refractivity contribution in [1.82, 2.24) is 0 Å². The maximum Gasteiger partial charge on any atom is 0.418 e. The molecule has 0 fully saturated rings. The number of rotatable bonds is 2. The Morgan fingerprint density at radius 1 is 1.33 bits per heavy atom. The van der Waals surface area contributed by atoms with E-state index in [1.165, 1.54) is 12.1 Å². The molecule has 1 unspecified atom stereocenters. The van der Waals surface area contributed by atoms with Crippen LogP contribution in [0, 0.1) is 0 Å². The number of aliphatic hydroxyl groups is 1. The van der Waals surface area contributed by atoms with Crippen molar-refractivity contribution in [2.45, 2.75) is 12.3 Å². The zero-order valence-corrected chi connectivity index (χ0v) is 7.75. The molecule has 1 aromatic rings. The molecule has 0 bridgehead atoms. The fourth-order valence-corrected chi connectivity index (χ4v) is 1.25. The zero-order chi connectivity index (χ0) is 11.6. The second kappa shape index (κ2) is 4.08. The lowest BCUT2D eigenvalue weighted by molar-refractivity contribution is -0.137. The number of alkyl halides is 3. The number of para-hydroxylation sites is 1. The standard InChI is InChI=1S/C9H11F3N2O/c10-9(11,12)6-3-1-2-5(8(6)14)7(15)4-13/h1-3,7,15H,4,13-14H2. The van der Waals surface area contributed by atoms with Crippen molar-refractivity contribution in [2.24, 2.45) is 5.73 Å². The first-order valence-corrected chi connectivity index (χ1v) is 4.21. The van der Waals surface area contributed by atoms with Crippen LogP contribution in [0.3, 0.4) is 0 Å². The summed E-state index contributed by atoms with van der Waals surface area (Å²) in [7, 11) is 0. The summed E-state index contributed by atoms with van der Waals surface area (Å²) in [6, 6.07) is 3.37. The predicted molar refractivity (Wildman–Crippen MR) is 49.9 cm³/mol. The quantitative estimate of drug-likeness (QED) is 0.657. The second-order valence-electron chi connectivity index (χ2n) is 3.06. The molecule has 0 aliphatic heterocycles. The number of aliphatic hydroxyl groups excluding tert-OH is 1. The molecule has 15 heavy (non-hydrogen) atoms. The van der Waals surface area contributed by atoms with Crippen LogP contribution >= 0.6 is 0 Å². The van der Waals surface area contributed by atoms with Crippen molar-refractivity contribution in [3.05, 3.63) is 29.3 Å². The number of nitrogens with two attached hydrogens (primary N) is 2. The van der Waals surface area contributed by atoms with Crippen molar-refractivity contribution < 1.29 is 18.3 Å². The maximum absolute atomic E-state index is 12.4. The Labute approximate surface area is 84.5 Å². The molecule has 0 heterocycles. The van der Waals surface area contributed by atoms with E-state index in [9.17, 15) is 18.3 Å². The highest BCUT2D eigenvalue weighted by atomic mass is 19.4. The van der Waals surface area contributed by atoms with Gasteiger partial charge in [-0.05, 0) is 6.07 Å². The smallest absolute Gasteiger partial charge is 0.398 e. The summed E-state index contributed by atoms with van der Waals surface area (Å²) in [6.45, 7) is -0.175. The zero-order valence-electron chi connectivity index (χ0n) is 7.75. The average Bonchev–Trinajstić information content (AvgIpc) is 2.15. The van der Waals surface area contributed by atoms with Crippen LogP contribution in [0.4, 0.5) is 18.9 Å². The molecule has 3 nitrogen and oxygen atoms in total. The minimum Gasteiger partial charge on any atom is -0.398 e. The van der Waals surface area contributed by atoms with E-state index < -0.39 is 23.5 Å². The topological polar surface area (TPSA) is 72.3 Å². The van der Waals surface area contributed by atoms with E-state index in [0.717, 1.165) is 6.07 Å². The third kappa shape index (κ3) is 2.40. The van der Waals surface area contributed by atoms with Gasteiger partial charge in [-0.3, -0.25) is 0 Å². The van der Waals surface area contributed by atoms with Crippen LogP contribution in [0.1, 0.15) is 17.2 Å². The van der Waals surface area contributed by atoms with Gasteiger partial charge in [-0.1, -0.05) is 12.1 Å². The second-order valence-corrected chi connectivity index (χ2v) is 3.06. The van der Waals surface area contributed by atoms with Gasteiger partial charge < -0.3 is 16.6 Å². The van der Waals surface area contributed by atoms with Gasteiger partial charge in [0.1, 0.15) is 0 Å². The summed E-state index contributed by atoms with van der Waals surface area (Å²) >= 11 is 0. The van der Waals surface area contributed by atoms with Crippen molar-refractivity contribution in [1.29, 1.82) is 0 Å². The molecular formula is C9H11F3N2O. The SMILES string of the molecule is NCC(O)c1cccc(C(F)(F)F)c1N. The molecule has 84 valence electrons. The number of anilines is 1. The summed E-state index contributed by atoms with van der Waals surface area (Å²) in [5.41, 5.74) is 9.04. The van der Waals surface area contributed by atoms with E-state index in [2.05, 4.69) is 0 Å². The van der Waals surface area contributed by atoms with E-state index in [0.29, 0.717) is 0 Å². The minimum absolute atomic E-state index is 0.00678. The summed E-state index contributed by atoms with van der Waals surface area (Å²) in [5, 5.41) is 9.33.